The summed E-state index contributed by atoms with van der Waals surface area (Å²) >= 11 is 0. The van der Waals surface area contributed by atoms with E-state index in [1.165, 1.54) is 6.92 Å². The zero-order valence-corrected chi connectivity index (χ0v) is 9.10. The van der Waals surface area contributed by atoms with E-state index in [1.807, 2.05) is 0 Å². The van der Waals surface area contributed by atoms with E-state index >= 15 is 0 Å². The summed E-state index contributed by atoms with van der Waals surface area (Å²) in [4.78, 5) is 0. The molecule has 2 N–H and O–H groups in total. The zero-order valence-electron chi connectivity index (χ0n) is 9.10. The largest absolute Gasteiger partial charge is 0.430 e. The first-order chi connectivity index (χ1) is 7.81. The Labute approximate surface area is 98.2 Å². The van der Waals surface area contributed by atoms with Gasteiger partial charge in [-0.25, -0.2) is 0 Å². The molecule has 0 radical (unpaired) electrons. The highest BCUT2D eigenvalue weighted by Crippen LogP contribution is 2.48. The first kappa shape index (κ1) is 15.0. The molecule has 0 saturated heterocycles. The van der Waals surface area contributed by atoms with Crippen molar-refractivity contribution in [3.63, 3.8) is 0 Å². The molecule has 0 bridgehead atoms. The lowest BCUT2D eigenvalue weighted by atomic mass is 9.84. The van der Waals surface area contributed by atoms with Gasteiger partial charge in [0.05, 0.1) is 5.60 Å². The van der Waals surface area contributed by atoms with Gasteiger partial charge < -0.3 is 10.2 Å². The van der Waals surface area contributed by atoms with Crippen molar-refractivity contribution in [2.75, 3.05) is 0 Å². The Morgan fingerprint density at radius 2 is 1.56 bits per heavy atom. The van der Waals surface area contributed by atoms with Crippen molar-refractivity contribution in [2.24, 2.45) is 0 Å². The first-order valence-electron chi connectivity index (χ1n) is 4.79. The summed E-state index contributed by atoms with van der Waals surface area (Å²) in [7, 11) is 0. The molecule has 1 aliphatic carbocycles. The van der Waals surface area contributed by atoms with E-state index in [0.717, 1.165) is 6.08 Å². The van der Waals surface area contributed by atoms with Crippen LogP contribution in [0.3, 0.4) is 0 Å². The van der Waals surface area contributed by atoms with Gasteiger partial charge in [0.15, 0.2) is 0 Å². The van der Waals surface area contributed by atoms with Gasteiger partial charge in [-0.3, -0.25) is 0 Å². The summed E-state index contributed by atoms with van der Waals surface area (Å²) in [6.07, 6.45) is -10.5. The van der Waals surface area contributed by atoms with E-state index < -0.39 is 35.5 Å². The number of alkyl halides is 6. The minimum Gasteiger partial charge on any atom is -0.386 e. The van der Waals surface area contributed by atoms with Crippen LogP contribution in [0.25, 0.3) is 0 Å². The van der Waals surface area contributed by atoms with E-state index in [0.29, 0.717) is 12.2 Å². The summed E-state index contributed by atoms with van der Waals surface area (Å²) in [6, 6.07) is 0. The van der Waals surface area contributed by atoms with E-state index in [9.17, 15) is 31.4 Å². The molecule has 1 unspecified atom stereocenters. The van der Waals surface area contributed by atoms with Crippen molar-refractivity contribution >= 4 is 0 Å². The third-order valence-corrected chi connectivity index (χ3v) is 2.60. The van der Waals surface area contributed by atoms with Gasteiger partial charge >= 0.3 is 12.4 Å². The van der Waals surface area contributed by atoms with Crippen LogP contribution in [-0.4, -0.2) is 33.8 Å². The van der Waals surface area contributed by atoms with Gasteiger partial charge in [0.2, 0.25) is 0 Å². The van der Waals surface area contributed by atoms with Crippen LogP contribution < -0.4 is 0 Å². The molecular weight excluding hydrogens is 266 g/mol. The van der Waals surface area contributed by atoms with Crippen LogP contribution in [0.15, 0.2) is 23.8 Å². The lowest BCUT2D eigenvalue weighted by Gasteiger charge is -2.35. The minimum atomic E-state index is -5.90. The van der Waals surface area contributed by atoms with Crippen LogP contribution in [-0.2, 0) is 0 Å². The van der Waals surface area contributed by atoms with Gasteiger partial charge in [0.1, 0.15) is 0 Å². The van der Waals surface area contributed by atoms with Crippen molar-refractivity contribution in [2.45, 2.75) is 36.9 Å². The molecule has 1 rings (SSSR count). The molecule has 0 saturated carbocycles. The molecule has 8 heteroatoms. The Morgan fingerprint density at radius 3 is 1.83 bits per heavy atom. The minimum absolute atomic E-state index is 0.435. The van der Waals surface area contributed by atoms with E-state index in [4.69, 9.17) is 5.11 Å². The molecule has 1 atom stereocenters. The van der Waals surface area contributed by atoms with Gasteiger partial charge in [-0.1, -0.05) is 18.2 Å². The molecule has 0 aromatic heterocycles. The predicted molar refractivity (Wildman–Crippen MR) is 49.5 cm³/mol. The van der Waals surface area contributed by atoms with Gasteiger partial charge in [-0.15, -0.1) is 0 Å². The summed E-state index contributed by atoms with van der Waals surface area (Å²) in [5.41, 5.74) is -7.79. The number of rotatable bonds is 1. The molecule has 0 aliphatic heterocycles. The molecule has 104 valence electrons. The maximum atomic E-state index is 12.5. The Hall–Kier alpha value is -1.02. The number of halogens is 6. The average Bonchev–Trinajstić information content (AvgIpc) is 2.13. The number of hydrogen-bond acceptors (Lipinski definition) is 2. The Morgan fingerprint density at radius 1 is 1.11 bits per heavy atom. The Bertz CT molecular complexity index is 374. The maximum Gasteiger partial charge on any atom is 0.430 e. The number of aliphatic hydroxyl groups is 2. The van der Waals surface area contributed by atoms with Crippen LogP contribution in [0, 0.1) is 0 Å². The smallest absolute Gasteiger partial charge is 0.386 e. The summed E-state index contributed by atoms with van der Waals surface area (Å²) in [6.45, 7) is 1.22. The fraction of sp³-hybridized carbons (Fsp3) is 0.600. The highest BCUT2D eigenvalue weighted by molar-refractivity contribution is 5.37. The fourth-order valence-electron chi connectivity index (χ4n) is 1.48. The third kappa shape index (κ3) is 2.39. The zero-order chi connectivity index (χ0) is 14.4. The molecular formula is C10H10F6O2. The molecule has 2 nitrogen and oxygen atoms in total. The van der Waals surface area contributed by atoms with Crippen LogP contribution in [0.4, 0.5) is 26.3 Å². The van der Waals surface area contributed by atoms with Crippen LogP contribution >= 0.6 is 0 Å². The normalized spacial score (nSPS) is 26.2. The highest BCUT2D eigenvalue weighted by Gasteiger charge is 2.72. The van der Waals surface area contributed by atoms with E-state index in [-0.39, 0.29) is 0 Å². The second kappa shape index (κ2) is 3.99. The van der Waals surface area contributed by atoms with Crippen molar-refractivity contribution in [3.05, 3.63) is 23.8 Å². The van der Waals surface area contributed by atoms with Crippen molar-refractivity contribution in [1.82, 2.24) is 0 Å². The van der Waals surface area contributed by atoms with Gasteiger partial charge in [-0.05, 0) is 18.9 Å². The fourth-order valence-corrected chi connectivity index (χ4v) is 1.48. The molecule has 18 heavy (non-hydrogen) atoms. The highest BCUT2D eigenvalue weighted by atomic mass is 19.4. The van der Waals surface area contributed by atoms with E-state index in [1.54, 1.807) is 0 Å². The predicted octanol–water partition coefficient (Wildman–Crippen LogP) is 2.48. The summed E-state index contributed by atoms with van der Waals surface area (Å²) < 4.78 is 74.8. The second-order valence-corrected chi connectivity index (χ2v) is 4.26. The Kier molecular flexibility index (Phi) is 3.33. The average molecular weight is 276 g/mol. The molecule has 0 heterocycles. The summed E-state index contributed by atoms with van der Waals surface area (Å²) in [5.74, 6) is 0. The van der Waals surface area contributed by atoms with Crippen LogP contribution in [0.1, 0.15) is 13.3 Å². The topological polar surface area (TPSA) is 40.5 Å². The van der Waals surface area contributed by atoms with Crippen LogP contribution in [0.5, 0.6) is 0 Å². The molecule has 0 amide bonds. The van der Waals surface area contributed by atoms with Gasteiger partial charge in [0.25, 0.3) is 5.60 Å². The SMILES string of the molecule is CC1(O)C=CC(C(O)(C(F)(F)F)C(F)(F)F)=CC1. The monoisotopic (exact) mass is 276 g/mol. The van der Waals surface area contributed by atoms with Crippen molar-refractivity contribution in [3.8, 4) is 0 Å². The van der Waals surface area contributed by atoms with E-state index in [2.05, 4.69) is 0 Å². The van der Waals surface area contributed by atoms with Gasteiger partial charge in [0, 0.05) is 0 Å². The number of hydrogen-bond donors (Lipinski definition) is 2. The lowest BCUT2D eigenvalue weighted by molar-refractivity contribution is -0.351. The van der Waals surface area contributed by atoms with Crippen molar-refractivity contribution in [1.29, 1.82) is 0 Å². The molecule has 0 spiro atoms. The Balaban J connectivity index is 3.26. The maximum absolute atomic E-state index is 12.5. The standard InChI is InChI=1S/C10H10F6O2/c1-7(17)4-2-6(3-5-7)8(18,9(11,12)13)10(14,15)16/h2-4,17-18H,5H2,1H3. The van der Waals surface area contributed by atoms with Crippen LogP contribution in [0.2, 0.25) is 0 Å². The molecule has 1 aliphatic rings. The first-order valence-corrected chi connectivity index (χ1v) is 4.79. The summed E-state index contributed by atoms with van der Waals surface area (Å²) in [5, 5.41) is 18.4. The quantitative estimate of drug-likeness (QED) is 0.722. The molecule has 0 aromatic carbocycles. The second-order valence-electron chi connectivity index (χ2n) is 4.26. The molecule has 0 aromatic rings. The van der Waals surface area contributed by atoms with Crippen molar-refractivity contribution < 1.29 is 36.6 Å². The van der Waals surface area contributed by atoms with Gasteiger partial charge in [-0.2, -0.15) is 26.3 Å². The third-order valence-electron chi connectivity index (χ3n) is 2.60. The molecule has 0 fully saturated rings. The lowest BCUT2D eigenvalue weighted by Crippen LogP contribution is -2.58.